The maximum absolute atomic E-state index is 11.6. The van der Waals surface area contributed by atoms with Crippen LogP contribution in [0.2, 0.25) is 0 Å². The van der Waals surface area contributed by atoms with Crippen LogP contribution < -0.4 is 15.5 Å². The third-order valence-electron chi connectivity index (χ3n) is 2.42. The van der Waals surface area contributed by atoms with Gasteiger partial charge in [0.15, 0.2) is 6.61 Å². The second kappa shape index (κ2) is 6.51. The molecule has 2 rings (SSSR count). The lowest BCUT2D eigenvalue weighted by atomic mass is 10.4. The third-order valence-corrected chi connectivity index (χ3v) is 2.42. The van der Waals surface area contributed by atoms with Crippen molar-refractivity contribution >= 4 is 5.91 Å². The predicted octanol–water partition coefficient (Wildman–Crippen LogP) is 0.826. The van der Waals surface area contributed by atoms with Crippen LogP contribution in [0.25, 0.3) is 0 Å². The molecule has 1 amide bonds. The number of nitrogens with zero attached hydrogens (tertiary/aromatic N) is 2. The highest BCUT2D eigenvalue weighted by Gasteiger charge is 2.15. The molecule has 0 unspecified atom stereocenters. The zero-order valence-electron chi connectivity index (χ0n) is 11.3. The molecule has 2 aromatic rings. The number of hydrogen-bond acceptors (Lipinski definition) is 7. The molecule has 21 heavy (non-hydrogen) atoms. The first-order chi connectivity index (χ1) is 10.1. The number of hydrogen-bond donors (Lipinski definition) is 1. The fourth-order valence-corrected chi connectivity index (χ4v) is 1.46. The maximum Gasteiger partial charge on any atom is 0.316 e. The summed E-state index contributed by atoms with van der Waals surface area (Å²) in [6, 6.07) is 1.24. The van der Waals surface area contributed by atoms with Gasteiger partial charge in [-0.3, -0.25) is 9.59 Å². The highest BCUT2D eigenvalue weighted by molar-refractivity contribution is 5.89. The van der Waals surface area contributed by atoms with Crippen LogP contribution in [0.15, 0.2) is 38.7 Å². The van der Waals surface area contributed by atoms with Gasteiger partial charge in [-0.1, -0.05) is 11.2 Å². The lowest BCUT2D eigenvalue weighted by Crippen LogP contribution is -2.23. The minimum Gasteiger partial charge on any atom is -0.478 e. The Bertz CT molecular complexity index is 704. The molecule has 0 aliphatic rings. The van der Waals surface area contributed by atoms with Crippen molar-refractivity contribution in [2.24, 2.45) is 0 Å². The minimum absolute atomic E-state index is 0.0694. The number of carbonyl (C=O) groups is 1. The summed E-state index contributed by atoms with van der Waals surface area (Å²) in [6.45, 7) is 5.24. The number of amides is 1. The fourth-order valence-electron chi connectivity index (χ4n) is 1.46. The number of aromatic nitrogens is 2. The van der Waals surface area contributed by atoms with E-state index in [0.29, 0.717) is 5.76 Å². The molecule has 0 atom stereocenters. The summed E-state index contributed by atoms with van der Waals surface area (Å²) >= 11 is 0. The van der Waals surface area contributed by atoms with Crippen molar-refractivity contribution in [1.29, 1.82) is 0 Å². The molecule has 0 aliphatic heterocycles. The number of aryl methyl sites for hydroxylation is 1. The minimum atomic E-state index is -0.510. The average molecular weight is 291 g/mol. The van der Waals surface area contributed by atoms with E-state index in [1.165, 1.54) is 18.4 Å². The van der Waals surface area contributed by atoms with Gasteiger partial charge in [-0.05, 0) is 6.92 Å². The van der Waals surface area contributed by atoms with E-state index in [4.69, 9.17) is 13.7 Å². The molecule has 1 N–H and O–H groups in total. The van der Waals surface area contributed by atoms with Crippen molar-refractivity contribution < 1.29 is 18.5 Å². The van der Waals surface area contributed by atoms with Gasteiger partial charge in [0.05, 0.1) is 6.26 Å². The summed E-state index contributed by atoms with van der Waals surface area (Å²) in [7, 11) is 0. The first kappa shape index (κ1) is 14.5. The second-order valence-corrected chi connectivity index (χ2v) is 3.97. The van der Waals surface area contributed by atoms with E-state index in [1.807, 2.05) is 0 Å². The zero-order valence-corrected chi connectivity index (χ0v) is 11.3. The molecular weight excluding hydrogens is 278 g/mol. The van der Waals surface area contributed by atoms with Gasteiger partial charge in [0.1, 0.15) is 5.76 Å². The molecule has 0 saturated carbocycles. The lowest BCUT2D eigenvalue weighted by Gasteiger charge is -2.03. The Morgan fingerprint density at radius 1 is 1.57 bits per heavy atom. The van der Waals surface area contributed by atoms with Gasteiger partial charge in [0.2, 0.25) is 17.0 Å². The normalized spacial score (nSPS) is 10.1. The highest BCUT2D eigenvalue weighted by atomic mass is 16.5. The van der Waals surface area contributed by atoms with Crippen molar-refractivity contribution in [3.05, 3.63) is 52.7 Å². The van der Waals surface area contributed by atoms with E-state index < -0.39 is 5.91 Å². The monoisotopic (exact) mass is 291 g/mol. The Kier molecular flexibility index (Phi) is 4.50. The van der Waals surface area contributed by atoms with E-state index >= 15 is 0 Å². The Morgan fingerprint density at radius 3 is 3.10 bits per heavy atom. The van der Waals surface area contributed by atoms with Gasteiger partial charge in [-0.25, -0.2) is 0 Å². The molecule has 0 aliphatic carbocycles. The van der Waals surface area contributed by atoms with E-state index in [9.17, 15) is 9.59 Å². The molecule has 0 bridgehead atoms. The van der Waals surface area contributed by atoms with Gasteiger partial charge in [-0.2, -0.15) is 4.98 Å². The highest BCUT2D eigenvalue weighted by Crippen LogP contribution is 2.12. The first-order valence-electron chi connectivity index (χ1n) is 6.04. The third kappa shape index (κ3) is 3.56. The second-order valence-electron chi connectivity index (χ2n) is 3.97. The van der Waals surface area contributed by atoms with Crippen LogP contribution in [0, 0.1) is 6.92 Å². The molecule has 0 spiro atoms. The predicted molar refractivity (Wildman–Crippen MR) is 70.9 cm³/mol. The summed E-state index contributed by atoms with van der Waals surface area (Å²) < 4.78 is 15.1. The molecule has 0 aromatic carbocycles. The summed E-state index contributed by atoms with van der Waals surface area (Å²) in [5.41, 5.74) is -0.314. The summed E-state index contributed by atoms with van der Waals surface area (Å²) in [4.78, 5) is 27.0. The molecule has 8 nitrogen and oxygen atoms in total. The Morgan fingerprint density at radius 2 is 2.38 bits per heavy atom. The smallest absolute Gasteiger partial charge is 0.316 e. The van der Waals surface area contributed by atoms with E-state index in [-0.39, 0.29) is 36.0 Å². The SMILES string of the molecule is C=CCNC(=O)c1nc(COc2c(C)occc2=O)no1. The number of ether oxygens (including phenoxy) is 1. The number of carbonyl (C=O) groups excluding carboxylic acids is 1. The molecule has 110 valence electrons. The molecule has 0 saturated heterocycles. The van der Waals surface area contributed by atoms with E-state index in [1.54, 1.807) is 6.92 Å². The number of rotatable bonds is 6. The summed E-state index contributed by atoms with van der Waals surface area (Å²) in [5.74, 6) is -0.146. The summed E-state index contributed by atoms with van der Waals surface area (Å²) in [6.07, 6.45) is 2.80. The molecule has 8 heteroatoms. The quantitative estimate of drug-likeness (QED) is 0.785. The van der Waals surface area contributed by atoms with Gasteiger partial charge >= 0.3 is 11.8 Å². The van der Waals surface area contributed by atoms with Crippen molar-refractivity contribution in [2.45, 2.75) is 13.5 Å². The van der Waals surface area contributed by atoms with Crippen molar-refractivity contribution in [2.75, 3.05) is 6.54 Å². The van der Waals surface area contributed by atoms with Crippen LogP contribution in [0.5, 0.6) is 5.75 Å². The molecule has 0 radical (unpaired) electrons. The van der Waals surface area contributed by atoms with Crippen molar-refractivity contribution in [3.8, 4) is 5.75 Å². The average Bonchev–Trinajstić information content (AvgIpc) is 2.93. The zero-order chi connectivity index (χ0) is 15.2. The van der Waals surface area contributed by atoms with Gasteiger partial charge in [0.25, 0.3) is 0 Å². The largest absolute Gasteiger partial charge is 0.478 e. The van der Waals surface area contributed by atoms with E-state index in [2.05, 4.69) is 22.0 Å². The Hall–Kier alpha value is -2.90. The summed E-state index contributed by atoms with van der Waals surface area (Å²) in [5, 5.41) is 6.08. The van der Waals surface area contributed by atoms with Crippen molar-refractivity contribution in [3.63, 3.8) is 0 Å². The standard InChI is InChI=1S/C13H13N3O5/c1-3-5-14-12(18)13-15-10(16-21-13)7-20-11-8(2)19-6-4-9(11)17/h3-4,6H,1,5,7H2,2H3,(H,14,18). The van der Waals surface area contributed by atoms with Gasteiger partial charge in [0, 0.05) is 12.6 Å². The Balaban J connectivity index is 2.01. The van der Waals surface area contributed by atoms with Crippen LogP contribution in [-0.2, 0) is 6.61 Å². The fraction of sp³-hybridized carbons (Fsp3) is 0.231. The molecule has 2 aromatic heterocycles. The van der Waals surface area contributed by atoms with Crippen LogP contribution in [0.3, 0.4) is 0 Å². The topological polar surface area (TPSA) is 107 Å². The van der Waals surface area contributed by atoms with Crippen LogP contribution in [0.1, 0.15) is 22.3 Å². The molecular formula is C13H13N3O5. The van der Waals surface area contributed by atoms with Crippen LogP contribution >= 0.6 is 0 Å². The van der Waals surface area contributed by atoms with Crippen LogP contribution in [0.4, 0.5) is 0 Å². The van der Waals surface area contributed by atoms with Gasteiger partial charge < -0.3 is 19.0 Å². The maximum atomic E-state index is 11.6. The lowest BCUT2D eigenvalue weighted by molar-refractivity contribution is 0.0914. The van der Waals surface area contributed by atoms with E-state index in [0.717, 1.165) is 0 Å². The number of nitrogens with one attached hydrogen (secondary N) is 1. The molecule has 2 heterocycles. The van der Waals surface area contributed by atoms with Crippen LogP contribution in [-0.4, -0.2) is 22.6 Å². The Labute approximate surface area is 119 Å². The first-order valence-corrected chi connectivity index (χ1v) is 6.04. The van der Waals surface area contributed by atoms with Gasteiger partial charge in [-0.15, -0.1) is 6.58 Å². The molecule has 0 fully saturated rings. The van der Waals surface area contributed by atoms with Crippen molar-refractivity contribution in [1.82, 2.24) is 15.5 Å².